The Morgan fingerprint density at radius 3 is 2.74 bits per heavy atom. The Morgan fingerprint density at radius 2 is 2.00 bits per heavy atom. The van der Waals surface area contributed by atoms with Crippen LogP contribution in [-0.4, -0.2) is 51.2 Å². The molecule has 1 amide bonds. The third-order valence-corrected chi connectivity index (χ3v) is 6.69. The fourth-order valence-corrected chi connectivity index (χ4v) is 4.73. The van der Waals surface area contributed by atoms with E-state index >= 15 is 0 Å². The van der Waals surface area contributed by atoms with Crippen LogP contribution >= 0.6 is 0 Å². The van der Waals surface area contributed by atoms with Crippen molar-refractivity contribution in [2.45, 2.75) is 96.9 Å². The van der Waals surface area contributed by atoms with Crippen LogP contribution in [0.3, 0.4) is 0 Å². The minimum Gasteiger partial charge on any atom is -0.382 e. The van der Waals surface area contributed by atoms with Crippen LogP contribution in [0.5, 0.6) is 0 Å². The molecular formula is C27H44N6O2. The highest BCUT2D eigenvalue weighted by Gasteiger charge is 2.25. The highest BCUT2D eigenvalue weighted by atomic mass is 16.5. The first-order chi connectivity index (χ1) is 17.2. The Labute approximate surface area is 210 Å². The summed E-state index contributed by atoms with van der Waals surface area (Å²) in [6.45, 7) is 6.19. The summed E-state index contributed by atoms with van der Waals surface area (Å²) in [5.41, 5.74) is 0.996. The van der Waals surface area contributed by atoms with Gasteiger partial charge < -0.3 is 15.4 Å². The largest absolute Gasteiger partial charge is 0.382 e. The normalized spacial score (nSPS) is 15.1. The number of nitrogens with zero attached hydrogens (tertiary/aromatic N) is 4. The number of amides is 1. The summed E-state index contributed by atoms with van der Waals surface area (Å²) >= 11 is 0. The molecule has 2 aromatic heterocycles. The number of rotatable bonds is 16. The lowest BCUT2D eigenvalue weighted by molar-refractivity contribution is -0.122. The molecule has 0 bridgehead atoms. The number of carbonyl (C=O) groups excluding carboxylic acids is 1. The topological polar surface area (TPSA) is 94.0 Å². The van der Waals surface area contributed by atoms with Gasteiger partial charge in [0.15, 0.2) is 0 Å². The highest BCUT2D eigenvalue weighted by Crippen LogP contribution is 2.28. The molecule has 1 atom stereocenters. The standard InChI is InChI=1S/C27H44N6O2/c1-3-5-6-10-14-23-20-25(32-27(30-23)33-17-16-28-21-33)31-24(19-22-12-8-7-9-13-22)26(34)29-15-11-18-35-4-2/h16-17,20-22,24H,3-15,18-19H2,1-2H3,(H,29,34)(H,30,31,32). The molecule has 8 nitrogen and oxygen atoms in total. The summed E-state index contributed by atoms with van der Waals surface area (Å²) in [5, 5.41) is 6.61. The molecular weight excluding hydrogens is 440 g/mol. The molecule has 1 saturated carbocycles. The molecule has 3 rings (SSSR count). The van der Waals surface area contributed by atoms with Gasteiger partial charge in [0.1, 0.15) is 18.2 Å². The van der Waals surface area contributed by atoms with Gasteiger partial charge in [-0.15, -0.1) is 0 Å². The van der Waals surface area contributed by atoms with Crippen molar-refractivity contribution in [1.82, 2.24) is 24.8 Å². The van der Waals surface area contributed by atoms with E-state index in [0.717, 1.165) is 31.4 Å². The first kappa shape index (κ1) is 27.1. The SMILES string of the molecule is CCCCCCc1cc(NC(CC2CCCCC2)C(=O)NCCCOCC)nc(-n2ccnc2)n1. The van der Waals surface area contributed by atoms with Crippen molar-refractivity contribution in [2.75, 3.05) is 25.1 Å². The number of aryl methyl sites for hydroxylation is 1. The van der Waals surface area contributed by atoms with E-state index in [1.54, 1.807) is 12.5 Å². The molecule has 35 heavy (non-hydrogen) atoms. The predicted molar refractivity (Wildman–Crippen MR) is 140 cm³/mol. The van der Waals surface area contributed by atoms with Gasteiger partial charge in [0, 0.05) is 43.9 Å². The van der Waals surface area contributed by atoms with Gasteiger partial charge in [-0.2, -0.15) is 4.98 Å². The number of unbranched alkanes of at least 4 members (excludes halogenated alkanes) is 3. The average molecular weight is 485 g/mol. The fourth-order valence-electron chi connectivity index (χ4n) is 4.73. The summed E-state index contributed by atoms with van der Waals surface area (Å²) in [7, 11) is 0. The van der Waals surface area contributed by atoms with Gasteiger partial charge in [0.2, 0.25) is 11.9 Å². The molecule has 0 radical (unpaired) electrons. The van der Waals surface area contributed by atoms with Crippen LogP contribution in [0.4, 0.5) is 5.82 Å². The molecule has 0 saturated heterocycles. The first-order valence-electron chi connectivity index (χ1n) is 13.7. The van der Waals surface area contributed by atoms with Crippen molar-refractivity contribution in [3.05, 3.63) is 30.5 Å². The molecule has 1 unspecified atom stereocenters. The number of hydrogen-bond acceptors (Lipinski definition) is 6. The molecule has 2 heterocycles. The predicted octanol–water partition coefficient (Wildman–Crippen LogP) is 5.08. The van der Waals surface area contributed by atoms with Crippen molar-refractivity contribution in [2.24, 2.45) is 5.92 Å². The number of ether oxygens (including phenoxy) is 1. The number of nitrogens with one attached hydrogen (secondary N) is 2. The van der Waals surface area contributed by atoms with Crippen molar-refractivity contribution < 1.29 is 9.53 Å². The number of hydrogen-bond donors (Lipinski definition) is 2. The van der Waals surface area contributed by atoms with Crippen LogP contribution < -0.4 is 10.6 Å². The fraction of sp³-hybridized carbons (Fsp3) is 0.704. The van der Waals surface area contributed by atoms with Crippen LogP contribution in [0, 0.1) is 5.92 Å². The van der Waals surface area contributed by atoms with E-state index in [-0.39, 0.29) is 11.9 Å². The van der Waals surface area contributed by atoms with Crippen LogP contribution in [0.25, 0.3) is 5.95 Å². The summed E-state index contributed by atoms with van der Waals surface area (Å²) in [5.74, 6) is 1.91. The van der Waals surface area contributed by atoms with E-state index in [1.165, 1.54) is 51.4 Å². The van der Waals surface area contributed by atoms with Gasteiger partial charge >= 0.3 is 0 Å². The van der Waals surface area contributed by atoms with Gasteiger partial charge in [0.05, 0.1) is 0 Å². The summed E-state index contributed by atoms with van der Waals surface area (Å²) in [6, 6.07) is 1.70. The Bertz CT molecular complexity index is 851. The number of anilines is 1. The third-order valence-electron chi connectivity index (χ3n) is 6.69. The van der Waals surface area contributed by atoms with E-state index in [2.05, 4.69) is 22.5 Å². The highest BCUT2D eigenvalue weighted by molar-refractivity contribution is 5.84. The lowest BCUT2D eigenvalue weighted by Crippen LogP contribution is -2.42. The molecule has 0 aromatic carbocycles. The molecule has 8 heteroatoms. The second kappa shape index (κ2) is 15.5. The van der Waals surface area contributed by atoms with Crippen molar-refractivity contribution in [1.29, 1.82) is 0 Å². The van der Waals surface area contributed by atoms with Gasteiger partial charge in [-0.25, -0.2) is 9.97 Å². The molecule has 1 aliphatic carbocycles. The summed E-state index contributed by atoms with van der Waals surface area (Å²) in [6.07, 6.45) is 18.8. The van der Waals surface area contributed by atoms with Crippen molar-refractivity contribution in [3.8, 4) is 5.95 Å². The van der Waals surface area contributed by atoms with Crippen LogP contribution in [-0.2, 0) is 16.0 Å². The zero-order chi connectivity index (χ0) is 24.7. The van der Waals surface area contributed by atoms with Crippen molar-refractivity contribution in [3.63, 3.8) is 0 Å². The Hall–Kier alpha value is -2.48. The molecule has 194 valence electrons. The summed E-state index contributed by atoms with van der Waals surface area (Å²) < 4.78 is 7.23. The minimum absolute atomic E-state index is 0.0411. The maximum absolute atomic E-state index is 13.2. The van der Waals surface area contributed by atoms with E-state index in [1.807, 2.05) is 23.8 Å². The lowest BCUT2D eigenvalue weighted by atomic mass is 9.84. The monoisotopic (exact) mass is 484 g/mol. The van der Waals surface area contributed by atoms with Crippen LogP contribution in [0.15, 0.2) is 24.8 Å². The quantitative estimate of drug-likeness (QED) is 0.323. The number of imidazole rings is 1. The van der Waals surface area contributed by atoms with Crippen LogP contribution in [0.1, 0.15) is 90.2 Å². The Morgan fingerprint density at radius 1 is 1.14 bits per heavy atom. The molecule has 0 spiro atoms. The summed E-state index contributed by atoms with van der Waals surface area (Å²) in [4.78, 5) is 26.9. The minimum atomic E-state index is -0.316. The second-order valence-electron chi connectivity index (χ2n) is 9.60. The first-order valence-corrected chi connectivity index (χ1v) is 13.7. The van der Waals surface area contributed by atoms with E-state index in [9.17, 15) is 4.79 Å². The van der Waals surface area contributed by atoms with E-state index in [0.29, 0.717) is 37.4 Å². The third kappa shape index (κ3) is 9.59. The van der Waals surface area contributed by atoms with Crippen molar-refractivity contribution >= 4 is 11.7 Å². The Balaban J connectivity index is 1.73. The molecule has 0 aliphatic heterocycles. The van der Waals surface area contributed by atoms with Crippen LogP contribution in [0.2, 0.25) is 0 Å². The molecule has 2 aromatic rings. The smallest absolute Gasteiger partial charge is 0.242 e. The lowest BCUT2D eigenvalue weighted by Gasteiger charge is -2.27. The molecule has 1 fully saturated rings. The zero-order valence-electron chi connectivity index (χ0n) is 21.7. The van der Waals surface area contributed by atoms with Gasteiger partial charge in [-0.1, -0.05) is 58.3 Å². The molecule has 2 N–H and O–H groups in total. The van der Waals surface area contributed by atoms with E-state index < -0.39 is 0 Å². The number of carbonyl (C=O) groups is 1. The van der Waals surface area contributed by atoms with E-state index in [4.69, 9.17) is 14.7 Å². The average Bonchev–Trinajstić information content (AvgIpc) is 3.42. The zero-order valence-corrected chi connectivity index (χ0v) is 21.7. The Kier molecular flexibility index (Phi) is 12.0. The van der Waals surface area contributed by atoms with Gasteiger partial charge in [-0.3, -0.25) is 9.36 Å². The van der Waals surface area contributed by atoms with Gasteiger partial charge in [-0.05, 0) is 38.5 Å². The maximum Gasteiger partial charge on any atom is 0.242 e. The van der Waals surface area contributed by atoms with Gasteiger partial charge in [0.25, 0.3) is 0 Å². The molecule has 1 aliphatic rings. The second-order valence-corrected chi connectivity index (χ2v) is 9.60. The maximum atomic E-state index is 13.2. The number of aromatic nitrogens is 4.